The van der Waals surface area contributed by atoms with Gasteiger partial charge in [0.2, 0.25) is 5.91 Å². The Balaban J connectivity index is 1.34. The molecule has 0 aromatic heterocycles. The zero-order valence-corrected chi connectivity index (χ0v) is 20.9. The third-order valence-corrected chi connectivity index (χ3v) is 7.53. The van der Waals surface area contributed by atoms with Gasteiger partial charge in [-0.05, 0) is 36.4 Å². The van der Waals surface area contributed by atoms with E-state index in [9.17, 15) is 32.1 Å². The molecule has 1 heterocycles. The molecule has 3 aromatic carbocycles. The van der Waals surface area contributed by atoms with Crippen LogP contribution in [0.2, 0.25) is 0 Å². The van der Waals surface area contributed by atoms with Gasteiger partial charge < -0.3 is 19.7 Å². The molecular formula is C27H24F3N3O4S. The van der Waals surface area contributed by atoms with Gasteiger partial charge in [-0.25, -0.2) is 0 Å². The molecular weight excluding hydrogens is 519 g/mol. The molecule has 1 atom stereocenters. The van der Waals surface area contributed by atoms with Crippen molar-refractivity contribution in [2.24, 2.45) is 0 Å². The van der Waals surface area contributed by atoms with E-state index in [1.165, 1.54) is 28.0 Å². The molecule has 1 saturated heterocycles. The molecule has 0 bridgehead atoms. The van der Waals surface area contributed by atoms with E-state index in [4.69, 9.17) is 0 Å². The summed E-state index contributed by atoms with van der Waals surface area (Å²) >= 11 is -1.59. The van der Waals surface area contributed by atoms with E-state index in [0.29, 0.717) is 9.79 Å². The number of benzene rings is 3. The predicted molar refractivity (Wildman–Crippen MR) is 134 cm³/mol. The van der Waals surface area contributed by atoms with Crippen molar-refractivity contribution in [1.29, 1.82) is 0 Å². The number of alkyl halides is 3. The number of nitrogens with one attached hydrogen (secondary N) is 1. The van der Waals surface area contributed by atoms with Gasteiger partial charge in [0, 0.05) is 37.4 Å². The van der Waals surface area contributed by atoms with Crippen molar-refractivity contribution in [3.8, 4) is 0 Å². The van der Waals surface area contributed by atoms with E-state index >= 15 is 0 Å². The standard InChI is InChI=1S/C27H24F3N3O4S/c28-27(29,30)22-12-6-4-10-20(22)26(36)33-16-14-32(15-17-33)24(34)18-31-25(35)21-11-5-7-13-23(21)38(37)19-8-2-1-3-9-19/h1-13H,14-18H2,(H,31,35). The molecule has 0 saturated carbocycles. The fourth-order valence-corrected chi connectivity index (χ4v) is 5.32. The van der Waals surface area contributed by atoms with Gasteiger partial charge in [-0.1, -0.05) is 42.5 Å². The summed E-state index contributed by atoms with van der Waals surface area (Å²) in [7, 11) is 0. The number of piperazine rings is 1. The zero-order chi connectivity index (χ0) is 27.3. The van der Waals surface area contributed by atoms with Gasteiger partial charge in [0.1, 0.15) is 0 Å². The van der Waals surface area contributed by atoms with E-state index < -0.39 is 46.2 Å². The Morgan fingerprint density at radius 2 is 1.34 bits per heavy atom. The largest absolute Gasteiger partial charge is 0.606 e. The van der Waals surface area contributed by atoms with Crippen LogP contribution in [0.5, 0.6) is 0 Å². The lowest BCUT2D eigenvalue weighted by atomic mass is 10.1. The van der Waals surface area contributed by atoms with Crippen LogP contribution in [0, 0.1) is 0 Å². The highest BCUT2D eigenvalue weighted by molar-refractivity contribution is 7.91. The van der Waals surface area contributed by atoms with E-state index in [-0.39, 0.29) is 38.3 Å². The number of amides is 3. The quantitative estimate of drug-likeness (QED) is 0.481. The topological polar surface area (TPSA) is 92.8 Å². The van der Waals surface area contributed by atoms with Gasteiger partial charge in [-0.3, -0.25) is 14.4 Å². The maximum atomic E-state index is 13.3. The third kappa shape index (κ3) is 6.17. The molecule has 0 spiro atoms. The van der Waals surface area contributed by atoms with E-state index in [2.05, 4.69) is 5.32 Å². The van der Waals surface area contributed by atoms with Gasteiger partial charge in [-0.2, -0.15) is 13.2 Å². The lowest BCUT2D eigenvalue weighted by Crippen LogP contribution is -2.52. The zero-order valence-electron chi connectivity index (χ0n) is 20.1. The van der Waals surface area contributed by atoms with Crippen LogP contribution >= 0.6 is 0 Å². The Hall–Kier alpha value is -3.83. The fourth-order valence-electron chi connectivity index (χ4n) is 4.10. The van der Waals surface area contributed by atoms with Crippen molar-refractivity contribution in [1.82, 2.24) is 15.1 Å². The number of rotatable bonds is 6. The number of nitrogens with zero attached hydrogens (tertiary/aromatic N) is 2. The SMILES string of the molecule is O=C(NCC(=O)N1CCN(C(=O)c2ccccc2C(F)(F)F)CC1)c1ccccc1[S+]([O-])c1ccccc1. The van der Waals surface area contributed by atoms with Crippen LogP contribution in [0.25, 0.3) is 0 Å². The van der Waals surface area contributed by atoms with Gasteiger partial charge >= 0.3 is 6.18 Å². The smallest absolute Gasteiger partial charge is 0.417 e. The summed E-state index contributed by atoms with van der Waals surface area (Å²) < 4.78 is 52.9. The van der Waals surface area contributed by atoms with Crippen molar-refractivity contribution < 1.29 is 32.1 Å². The molecule has 198 valence electrons. The first-order valence-electron chi connectivity index (χ1n) is 11.7. The second-order valence-electron chi connectivity index (χ2n) is 8.48. The molecule has 0 aliphatic carbocycles. The first-order chi connectivity index (χ1) is 18.2. The average molecular weight is 544 g/mol. The summed E-state index contributed by atoms with van der Waals surface area (Å²) in [5, 5.41) is 2.56. The highest BCUT2D eigenvalue weighted by Crippen LogP contribution is 2.32. The highest BCUT2D eigenvalue weighted by atomic mass is 32.2. The van der Waals surface area contributed by atoms with E-state index in [1.54, 1.807) is 48.5 Å². The minimum atomic E-state index is -4.66. The lowest BCUT2D eigenvalue weighted by molar-refractivity contribution is -0.138. The predicted octanol–water partition coefficient (Wildman–Crippen LogP) is 3.59. The Kier molecular flexibility index (Phi) is 8.38. The average Bonchev–Trinajstić information content (AvgIpc) is 2.95. The molecule has 4 rings (SSSR count). The van der Waals surface area contributed by atoms with Crippen molar-refractivity contribution in [3.05, 3.63) is 95.6 Å². The first kappa shape index (κ1) is 27.2. The molecule has 1 aliphatic heterocycles. The van der Waals surface area contributed by atoms with Gasteiger partial charge in [0.25, 0.3) is 11.8 Å². The molecule has 1 N–H and O–H groups in total. The number of carbonyl (C=O) groups excluding carboxylic acids is 3. The normalized spacial score (nSPS) is 14.6. The summed E-state index contributed by atoms with van der Waals surface area (Å²) in [6, 6.07) is 19.7. The summed E-state index contributed by atoms with van der Waals surface area (Å²) in [6.45, 7) is 0.0235. The highest BCUT2D eigenvalue weighted by Gasteiger charge is 2.36. The first-order valence-corrected chi connectivity index (χ1v) is 12.9. The van der Waals surface area contributed by atoms with Crippen LogP contribution in [0.15, 0.2) is 88.7 Å². The molecule has 7 nitrogen and oxygen atoms in total. The Bertz CT molecular complexity index is 1310. The number of halogens is 3. The van der Waals surface area contributed by atoms with Crippen molar-refractivity contribution >= 4 is 28.9 Å². The molecule has 3 amide bonds. The molecule has 1 aliphatic rings. The Labute approximate surface area is 220 Å². The number of hydrogen-bond acceptors (Lipinski definition) is 4. The summed E-state index contributed by atoms with van der Waals surface area (Å²) in [5.74, 6) is -1.71. The molecule has 11 heteroatoms. The Morgan fingerprint density at radius 1 is 0.789 bits per heavy atom. The van der Waals surface area contributed by atoms with Crippen LogP contribution in [0.4, 0.5) is 13.2 Å². The van der Waals surface area contributed by atoms with Gasteiger partial charge in [0.05, 0.1) is 23.2 Å². The van der Waals surface area contributed by atoms with Crippen molar-refractivity contribution in [2.75, 3.05) is 32.7 Å². The lowest BCUT2D eigenvalue weighted by Gasteiger charge is -2.35. The number of hydrogen-bond donors (Lipinski definition) is 1. The van der Waals surface area contributed by atoms with Crippen LogP contribution in [0.1, 0.15) is 26.3 Å². The second kappa shape index (κ2) is 11.7. The maximum absolute atomic E-state index is 13.3. The van der Waals surface area contributed by atoms with Crippen LogP contribution in [-0.4, -0.2) is 64.8 Å². The molecule has 1 fully saturated rings. The van der Waals surface area contributed by atoms with Crippen LogP contribution < -0.4 is 5.32 Å². The minimum absolute atomic E-state index is 0.0591. The molecule has 3 aromatic rings. The monoisotopic (exact) mass is 543 g/mol. The molecule has 38 heavy (non-hydrogen) atoms. The summed E-state index contributed by atoms with van der Waals surface area (Å²) in [6.07, 6.45) is -4.66. The fraction of sp³-hybridized carbons (Fsp3) is 0.222. The van der Waals surface area contributed by atoms with Crippen LogP contribution in [0.3, 0.4) is 0 Å². The van der Waals surface area contributed by atoms with Gasteiger partial charge in [0.15, 0.2) is 9.79 Å². The Morgan fingerprint density at radius 3 is 2.00 bits per heavy atom. The maximum Gasteiger partial charge on any atom is 0.417 e. The second-order valence-corrected chi connectivity index (χ2v) is 9.93. The summed E-state index contributed by atoms with van der Waals surface area (Å²) in [5.41, 5.74) is -1.25. The van der Waals surface area contributed by atoms with Crippen molar-refractivity contribution in [3.63, 3.8) is 0 Å². The van der Waals surface area contributed by atoms with Gasteiger partial charge in [-0.15, -0.1) is 0 Å². The minimum Gasteiger partial charge on any atom is -0.606 e. The molecule has 0 radical (unpaired) electrons. The van der Waals surface area contributed by atoms with Crippen LogP contribution in [-0.2, 0) is 22.1 Å². The van der Waals surface area contributed by atoms with Crippen molar-refractivity contribution in [2.45, 2.75) is 16.0 Å². The van der Waals surface area contributed by atoms with E-state index in [1.807, 2.05) is 0 Å². The number of carbonyl (C=O) groups is 3. The summed E-state index contributed by atoms with van der Waals surface area (Å²) in [4.78, 5) is 41.9. The van der Waals surface area contributed by atoms with E-state index in [0.717, 1.165) is 12.1 Å². The third-order valence-electron chi connectivity index (χ3n) is 6.07. The molecule has 1 unspecified atom stereocenters.